The van der Waals surface area contributed by atoms with Gasteiger partial charge in [-0.25, -0.2) is 0 Å². The first kappa shape index (κ1) is 18.8. The Bertz CT molecular complexity index is 903. The molecule has 1 amide bonds. The van der Waals surface area contributed by atoms with Gasteiger partial charge in [-0.15, -0.1) is 0 Å². The fourth-order valence-corrected chi connectivity index (χ4v) is 2.87. The first-order valence-corrected chi connectivity index (χ1v) is 9.38. The number of hydrogen-bond donors (Lipinski definition) is 1. The molecular formula is C23H25NO3. The molecule has 0 unspecified atom stereocenters. The Labute approximate surface area is 160 Å². The largest absolute Gasteiger partial charge is 0.494 e. The van der Waals surface area contributed by atoms with Gasteiger partial charge in [0.2, 0.25) is 5.91 Å². The maximum Gasteiger partial charge on any atom is 0.219 e. The first-order chi connectivity index (χ1) is 13.2. The van der Waals surface area contributed by atoms with E-state index in [0.717, 1.165) is 34.4 Å². The van der Waals surface area contributed by atoms with Crippen molar-refractivity contribution in [3.63, 3.8) is 0 Å². The van der Waals surface area contributed by atoms with Crippen molar-refractivity contribution < 1.29 is 14.3 Å². The minimum atomic E-state index is 0.0897. The summed E-state index contributed by atoms with van der Waals surface area (Å²) in [6, 6.07) is 20.1. The number of nitrogens with one attached hydrogen (secondary N) is 1. The third-order valence-corrected chi connectivity index (χ3v) is 4.30. The number of ether oxygens (including phenoxy) is 2. The molecule has 1 N–H and O–H groups in total. The fourth-order valence-electron chi connectivity index (χ4n) is 2.87. The Morgan fingerprint density at radius 3 is 2.26 bits per heavy atom. The van der Waals surface area contributed by atoms with E-state index in [1.165, 1.54) is 5.56 Å². The van der Waals surface area contributed by atoms with Crippen molar-refractivity contribution in [2.24, 2.45) is 0 Å². The minimum Gasteiger partial charge on any atom is -0.494 e. The van der Waals surface area contributed by atoms with Crippen LogP contribution in [-0.4, -0.2) is 19.1 Å². The molecule has 4 nitrogen and oxygen atoms in total. The van der Waals surface area contributed by atoms with Gasteiger partial charge >= 0.3 is 0 Å². The van der Waals surface area contributed by atoms with Gasteiger partial charge in [-0.1, -0.05) is 31.2 Å². The molecule has 140 valence electrons. The molecular weight excluding hydrogens is 338 g/mol. The average Bonchev–Trinajstić information content (AvgIpc) is 2.69. The number of benzene rings is 3. The number of fused-ring (bicyclic) bond motifs is 1. The van der Waals surface area contributed by atoms with Gasteiger partial charge in [0.1, 0.15) is 17.2 Å². The smallest absolute Gasteiger partial charge is 0.219 e. The molecule has 0 saturated heterocycles. The molecule has 27 heavy (non-hydrogen) atoms. The monoisotopic (exact) mass is 363 g/mol. The van der Waals surface area contributed by atoms with E-state index < -0.39 is 0 Å². The van der Waals surface area contributed by atoms with Crippen LogP contribution in [0, 0.1) is 0 Å². The topological polar surface area (TPSA) is 47.6 Å². The molecule has 0 aliphatic carbocycles. The second-order valence-electron chi connectivity index (χ2n) is 6.30. The molecule has 0 saturated carbocycles. The Morgan fingerprint density at radius 1 is 0.852 bits per heavy atom. The summed E-state index contributed by atoms with van der Waals surface area (Å²) in [7, 11) is 0. The third kappa shape index (κ3) is 5.23. The first-order valence-electron chi connectivity index (χ1n) is 9.38. The maximum atomic E-state index is 11.3. The summed E-state index contributed by atoms with van der Waals surface area (Å²) < 4.78 is 11.4. The number of amides is 1. The molecule has 0 spiro atoms. The molecule has 0 radical (unpaired) electrons. The normalized spacial score (nSPS) is 10.6. The average molecular weight is 363 g/mol. The highest BCUT2D eigenvalue weighted by molar-refractivity contribution is 5.84. The lowest BCUT2D eigenvalue weighted by Crippen LogP contribution is -2.24. The molecule has 3 rings (SSSR count). The van der Waals surface area contributed by atoms with E-state index in [0.29, 0.717) is 19.6 Å². The molecule has 0 aromatic heterocycles. The highest BCUT2D eigenvalue weighted by Gasteiger charge is 2.03. The highest BCUT2D eigenvalue weighted by atomic mass is 16.5. The van der Waals surface area contributed by atoms with E-state index in [-0.39, 0.29) is 5.91 Å². The molecule has 3 aromatic carbocycles. The van der Waals surface area contributed by atoms with Gasteiger partial charge < -0.3 is 14.8 Å². The Kier molecular flexibility index (Phi) is 6.31. The van der Waals surface area contributed by atoms with Crippen molar-refractivity contribution in [1.29, 1.82) is 0 Å². The molecule has 0 aliphatic rings. The summed E-state index contributed by atoms with van der Waals surface area (Å²) in [5.74, 6) is 2.51. The summed E-state index contributed by atoms with van der Waals surface area (Å²) in [5.41, 5.74) is 1.21. The number of rotatable bonds is 8. The van der Waals surface area contributed by atoms with Crippen LogP contribution in [0.1, 0.15) is 25.8 Å². The van der Waals surface area contributed by atoms with E-state index in [4.69, 9.17) is 9.47 Å². The van der Waals surface area contributed by atoms with Crippen LogP contribution in [0.25, 0.3) is 10.8 Å². The Balaban J connectivity index is 1.66. The van der Waals surface area contributed by atoms with Crippen LogP contribution >= 0.6 is 0 Å². The van der Waals surface area contributed by atoms with Crippen LogP contribution in [0.2, 0.25) is 0 Å². The SMILES string of the molecule is CCOc1ccc(Oc2ccc3cc(CCNC(=O)CC)ccc3c2)cc1. The van der Waals surface area contributed by atoms with Crippen molar-refractivity contribution in [3.05, 3.63) is 66.2 Å². The van der Waals surface area contributed by atoms with E-state index in [1.807, 2.05) is 50.2 Å². The second kappa shape index (κ2) is 9.08. The third-order valence-electron chi connectivity index (χ3n) is 4.30. The van der Waals surface area contributed by atoms with Gasteiger partial charge in [0, 0.05) is 13.0 Å². The lowest BCUT2D eigenvalue weighted by Gasteiger charge is -2.09. The fraction of sp³-hybridized carbons (Fsp3) is 0.261. The standard InChI is InChI=1S/C23H25NO3/c1-3-23(25)24-14-13-17-5-6-19-16-22(8-7-18(19)15-17)27-21-11-9-20(10-12-21)26-4-2/h5-12,15-16H,3-4,13-14H2,1-2H3,(H,24,25). The second-order valence-corrected chi connectivity index (χ2v) is 6.30. The van der Waals surface area contributed by atoms with Crippen LogP contribution in [0.3, 0.4) is 0 Å². The van der Waals surface area contributed by atoms with Gasteiger partial charge in [-0.3, -0.25) is 4.79 Å². The summed E-state index contributed by atoms with van der Waals surface area (Å²) in [6.07, 6.45) is 1.35. The molecule has 3 aromatic rings. The van der Waals surface area contributed by atoms with Crippen LogP contribution in [-0.2, 0) is 11.2 Å². The molecule has 0 heterocycles. The van der Waals surface area contributed by atoms with Gasteiger partial charge in [0.25, 0.3) is 0 Å². The zero-order valence-corrected chi connectivity index (χ0v) is 15.8. The lowest BCUT2D eigenvalue weighted by atomic mass is 10.0. The zero-order chi connectivity index (χ0) is 19.1. The predicted molar refractivity (Wildman–Crippen MR) is 109 cm³/mol. The summed E-state index contributed by atoms with van der Waals surface area (Å²) in [4.78, 5) is 11.3. The van der Waals surface area contributed by atoms with E-state index in [2.05, 4.69) is 29.6 Å². The van der Waals surface area contributed by atoms with Crippen molar-refractivity contribution in [2.45, 2.75) is 26.7 Å². The number of carbonyl (C=O) groups excluding carboxylic acids is 1. The molecule has 0 atom stereocenters. The van der Waals surface area contributed by atoms with Crippen molar-refractivity contribution >= 4 is 16.7 Å². The number of hydrogen-bond acceptors (Lipinski definition) is 3. The number of carbonyl (C=O) groups is 1. The Morgan fingerprint density at radius 2 is 1.52 bits per heavy atom. The summed E-state index contributed by atoms with van der Waals surface area (Å²) in [6.45, 7) is 5.14. The van der Waals surface area contributed by atoms with Gasteiger partial charge in [-0.2, -0.15) is 0 Å². The van der Waals surface area contributed by atoms with E-state index >= 15 is 0 Å². The van der Waals surface area contributed by atoms with Crippen LogP contribution in [0.5, 0.6) is 17.2 Å². The highest BCUT2D eigenvalue weighted by Crippen LogP contribution is 2.27. The van der Waals surface area contributed by atoms with Crippen molar-refractivity contribution in [1.82, 2.24) is 5.32 Å². The summed E-state index contributed by atoms with van der Waals surface area (Å²) in [5, 5.41) is 5.19. The van der Waals surface area contributed by atoms with Crippen molar-refractivity contribution in [3.8, 4) is 17.2 Å². The molecule has 0 bridgehead atoms. The van der Waals surface area contributed by atoms with Crippen LogP contribution in [0.15, 0.2) is 60.7 Å². The van der Waals surface area contributed by atoms with Crippen molar-refractivity contribution in [2.75, 3.05) is 13.2 Å². The van der Waals surface area contributed by atoms with E-state index in [1.54, 1.807) is 0 Å². The van der Waals surface area contributed by atoms with Crippen LogP contribution in [0.4, 0.5) is 0 Å². The van der Waals surface area contributed by atoms with Gasteiger partial charge in [0.15, 0.2) is 0 Å². The van der Waals surface area contributed by atoms with Crippen LogP contribution < -0.4 is 14.8 Å². The maximum absolute atomic E-state index is 11.3. The van der Waals surface area contributed by atoms with Gasteiger partial charge in [-0.05, 0) is 66.1 Å². The van der Waals surface area contributed by atoms with Gasteiger partial charge in [0.05, 0.1) is 6.61 Å². The lowest BCUT2D eigenvalue weighted by molar-refractivity contribution is -0.120. The minimum absolute atomic E-state index is 0.0897. The molecule has 0 fully saturated rings. The molecule has 0 aliphatic heterocycles. The Hall–Kier alpha value is -3.01. The van der Waals surface area contributed by atoms with E-state index in [9.17, 15) is 4.79 Å². The molecule has 4 heteroatoms. The predicted octanol–water partition coefficient (Wildman–Crippen LogP) is 5.10. The zero-order valence-electron chi connectivity index (χ0n) is 15.8. The quantitative estimate of drug-likeness (QED) is 0.606. The summed E-state index contributed by atoms with van der Waals surface area (Å²) >= 11 is 0.